The Morgan fingerprint density at radius 3 is 2.27 bits per heavy atom. The second kappa shape index (κ2) is 6.20. The van der Waals surface area contributed by atoms with E-state index >= 15 is 0 Å². The molecule has 0 spiro atoms. The van der Waals surface area contributed by atoms with Crippen molar-refractivity contribution in [2.75, 3.05) is 0 Å². The fourth-order valence-corrected chi connectivity index (χ4v) is 2.99. The average molecular weight is 314 g/mol. The maximum atomic E-state index is 12.4. The number of nitriles is 1. The van der Waals surface area contributed by atoms with Crippen LogP contribution < -0.4 is 0 Å². The minimum absolute atomic E-state index is 0.0404. The number of sulfone groups is 1. The number of allylic oxidation sites excluding steroid dienone is 1. The van der Waals surface area contributed by atoms with Crippen LogP contribution in [0, 0.1) is 21.4 Å². The van der Waals surface area contributed by atoms with Gasteiger partial charge < -0.3 is 0 Å². The smallest absolute Gasteiger partial charge is 0.258 e. The van der Waals surface area contributed by atoms with E-state index in [-0.39, 0.29) is 16.1 Å². The van der Waals surface area contributed by atoms with E-state index in [0.717, 1.165) is 6.08 Å². The molecule has 2 aromatic carbocycles. The van der Waals surface area contributed by atoms with Crippen molar-refractivity contribution in [2.24, 2.45) is 0 Å². The molecule has 2 aromatic rings. The van der Waals surface area contributed by atoms with Crippen LogP contribution in [-0.4, -0.2) is 13.3 Å². The van der Waals surface area contributed by atoms with E-state index in [9.17, 15) is 18.5 Å². The van der Waals surface area contributed by atoms with Crippen molar-refractivity contribution < 1.29 is 13.3 Å². The van der Waals surface area contributed by atoms with Crippen LogP contribution in [0.3, 0.4) is 0 Å². The van der Waals surface area contributed by atoms with E-state index < -0.39 is 19.7 Å². The molecule has 0 aromatic heterocycles. The van der Waals surface area contributed by atoms with Crippen LogP contribution in [0.2, 0.25) is 0 Å². The molecule has 0 atom stereocenters. The molecule has 0 saturated carbocycles. The Bertz CT molecular complexity index is 881. The Morgan fingerprint density at radius 2 is 1.68 bits per heavy atom. The maximum Gasteiger partial charge on any atom is 0.276 e. The van der Waals surface area contributed by atoms with Crippen molar-refractivity contribution in [2.45, 2.75) is 4.90 Å². The summed E-state index contributed by atoms with van der Waals surface area (Å²) in [6, 6.07) is 14.7. The molecule has 0 fully saturated rings. The summed E-state index contributed by atoms with van der Waals surface area (Å²) in [5.41, 5.74) is -0.206. The lowest BCUT2D eigenvalue weighted by Crippen LogP contribution is -2.03. The topological polar surface area (TPSA) is 101 Å². The summed E-state index contributed by atoms with van der Waals surface area (Å²) in [5.74, 6) is 0. The number of nitro benzene ring substituents is 1. The first-order valence-corrected chi connectivity index (χ1v) is 7.60. The van der Waals surface area contributed by atoms with Crippen molar-refractivity contribution in [3.63, 3.8) is 0 Å². The largest absolute Gasteiger partial charge is 0.276 e. The van der Waals surface area contributed by atoms with Crippen LogP contribution >= 0.6 is 0 Å². The van der Waals surface area contributed by atoms with Gasteiger partial charge >= 0.3 is 0 Å². The molecular weight excluding hydrogens is 304 g/mol. The van der Waals surface area contributed by atoms with E-state index in [1.807, 2.05) is 0 Å². The molecule has 0 unspecified atom stereocenters. The fourth-order valence-electron chi connectivity index (χ4n) is 1.81. The van der Waals surface area contributed by atoms with Gasteiger partial charge in [0.2, 0.25) is 9.84 Å². The van der Waals surface area contributed by atoms with Gasteiger partial charge in [-0.25, -0.2) is 8.42 Å². The number of benzene rings is 2. The maximum absolute atomic E-state index is 12.4. The summed E-state index contributed by atoms with van der Waals surface area (Å²) in [5, 5.41) is 20.1. The Morgan fingerprint density at radius 1 is 1.09 bits per heavy atom. The van der Waals surface area contributed by atoms with E-state index in [0.29, 0.717) is 0 Å². The van der Waals surface area contributed by atoms with Gasteiger partial charge in [0.1, 0.15) is 11.0 Å². The van der Waals surface area contributed by atoms with Crippen molar-refractivity contribution in [3.05, 3.63) is 75.2 Å². The molecule has 2 rings (SSSR count). The lowest BCUT2D eigenvalue weighted by molar-refractivity contribution is -0.385. The normalized spacial score (nSPS) is 11.7. The fraction of sp³-hybridized carbons (Fsp3) is 0. The van der Waals surface area contributed by atoms with Crippen molar-refractivity contribution in [3.8, 4) is 6.07 Å². The van der Waals surface area contributed by atoms with Crippen molar-refractivity contribution in [1.82, 2.24) is 0 Å². The highest BCUT2D eigenvalue weighted by Gasteiger charge is 2.22. The highest BCUT2D eigenvalue weighted by molar-refractivity contribution is 7.95. The zero-order valence-corrected chi connectivity index (χ0v) is 12.0. The van der Waals surface area contributed by atoms with Crippen molar-refractivity contribution in [1.29, 1.82) is 5.26 Å². The predicted molar refractivity (Wildman–Crippen MR) is 80.3 cm³/mol. The molecule has 22 heavy (non-hydrogen) atoms. The average Bonchev–Trinajstić information content (AvgIpc) is 2.53. The van der Waals surface area contributed by atoms with Gasteiger partial charge in [-0.05, 0) is 24.3 Å². The highest BCUT2D eigenvalue weighted by atomic mass is 32.2. The van der Waals surface area contributed by atoms with Crippen LogP contribution in [0.4, 0.5) is 5.69 Å². The number of nitro groups is 1. The van der Waals surface area contributed by atoms with Gasteiger partial charge in [0, 0.05) is 6.07 Å². The molecule has 0 bridgehead atoms. The van der Waals surface area contributed by atoms with Crippen LogP contribution in [0.15, 0.2) is 64.4 Å². The van der Waals surface area contributed by atoms with Crippen LogP contribution in [0.25, 0.3) is 6.08 Å². The quantitative estimate of drug-likeness (QED) is 0.490. The van der Waals surface area contributed by atoms with E-state index in [2.05, 4.69) is 0 Å². The lowest BCUT2D eigenvalue weighted by atomic mass is 10.1. The van der Waals surface area contributed by atoms with E-state index in [1.54, 1.807) is 12.1 Å². The zero-order chi connectivity index (χ0) is 16.2. The summed E-state index contributed by atoms with van der Waals surface area (Å²) in [6.45, 7) is 0. The number of para-hydroxylation sites is 1. The Hall–Kier alpha value is -2.98. The van der Waals surface area contributed by atoms with Gasteiger partial charge in [-0.2, -0.15) is 5.26 Å². The lowest BCUT2D eigenvalue weighted by Gasteiger charge is -2.03. The van der Waals surface area contributed by atoms with Crippen LogP contribution in [0.1, 0.15) is 5.56 Å². The number of hydrogen-bond donors (Lipinski definition) is 0. The molecule has 110 valence electrons. The Kier molecular flexibility index (Phi) is 4.34. The number of nitrogens with zero attached hydrogens (tertiary/aromatic N) is 2. The first kappa shape index (κ1) is 15.4. The number of hydrogen-bond acceptors (Lipinski definition) is 5. The standard InChI is InChI=1S/C15H10N2O4S/c16-11-14(22(20,21)13-7-2-1-3-8-13)10-12-6-4-5-9-15(12)17(18)19/h1-10H/b14-10-. The highest BCUT2D eigenvalue weighted by Crippen LogP contribution is 2.25. The third-order valence-corrected chi connectivity index (χ3v) is 4.55. The Balaban J connectivity index is 2.59. The summed E-state index contributed by atoms with van der Waals surface area (Å²) in [6.07, 6.45) is 1.01. The van der Waals surface area contributed by atoms with Gasteiger partial charge in [-0.3, -0.25) is 10.1 Å². The molecule has 6 nitrogen and oxygen atoms in total. The second-order valence-electron chi connectivity index (χ2n) is 4.25. The minimum Gasteiger partial charge on any atom is -0.258 e. The summed E-state index contributed by atoms with van der Waals surface area (Å²) < 4.78 is 24.8. The monoisotopic (exact) mass is 314 g/mol. The zero-order valence-electron chi connectivity index (χ0n) is 11.2. The van der Waals surface area contributed by atoms with Gasteiger partial charge in [-0.1, -0.05) is 30.3 Å². The SMILES string of the molecule is N#C/C(=C/c1ccccc1[N+](=O)[O-])S(=O)(=O)c1ccccc1. The molecular formula is C15H10N2O4S. The molecule has 0 saturated heterocycles. The number of rotatable bonds is 4. The van der Waals surface area contributed by atoms with Gasteiger partial charge in [0.05, 0.1) is 15.4 Å². The van der Waals surface area contributed by atoms with Crippen LogP contribution in [0.5, 0.6) is 0 Å². The predicted octanol–water partition coefficient (Wildman–Crippen LogP) is 2.93. The van der Waals surface area contributed by atoms with Gasteiger partial charge in [0.25, 0.3) is 5.69 Å². The molecule has 0 N–H and O–H groups in total. The van der Waals surface area contributed by atoms with Gasteiger partial charge in [-0.15, -0.1) is 0 Å². The van der Waals surface area contributed by atoms with E-state index in [1.165, 1.54) is 48.5 Å². The molecule has 0 radical (unpaired) electrons. The van der Waals surface area contributed by atoms with E-state index in [4.69, 9.17) is 5.26 Å². The van der Waals surface area contributed by atoms with Crippen LogP contribution in [-0.2, 0) is 9.84 Å². The Labute approximate surface area is 127 Å². The summed E-state index contributed by atoms with van der Waals surface area (Å²) in [7, 11) is -4.01. The first-order valence-electron chi connectivity index (χ1n) is 6.12. The first-order chi connectivity index (χ1) is 10.5. The summed E-state index contributed by atoms with van der Waals surface area (Å²) >= 11 is 0. The minimum atomic E-state index is -4.01. The molecule has 0 aliphatic rings. The molecule has 0 aliphatic carbocycles. The second-order valence-corrected chi connectivity index (χ2v) is 6.17. The third kappa shape index (κ3) is 3.02. The molecule has 0 heterocycles. The van der Waals surface area contributed by atoms with Crippen molar-refractivity contribution >= 4 is 21.6 Å². The van der Waals surface area contributed by atoms with Gasteiger partial charge in [0.15, 0.2) is 0 Å². The summed E-state index contributed by atoms with van der Waals surface area (Å²) in [4.78, 5) is 9.74. The molecule has 0 amide bonds. The third-order valence-electron chi connectivity index (χ3n) is 2.87. The molecule has 7 heteroatoms. The molecule has 0 aliphatic heterocycles.